The highest BCUT2D eigenvalue weighted by Gasteiger charge is 2.12. The summed E-state index contributed by atoms with van der Waals surface area (Å²) in [4.78, 5) is 0. The van der Waals surface area contributed by atoms with Crippen LogP contribution in [0.15, 0.2) is 22.6 Å². The van der Waals surface area contributed by atoms with Crippen molar-refractivity contribution in [3.05, 3.63) is 29.5 Å². The molecule has 0 bridgehead atoms. The van der Waals surface area contributed by atoms with Gasteiger partial charge in [0, 0.05) is 11.4 Å². The van der Waals surface area contributed by atoms with Crippen LogP contribution >= 0.6 is 0 Å². The van der Waals surface area contributed by atoms with Crippen LogP contribution in [-0.4, -0.2) is 13.2 Å². The molecule has 0 amide bonds. The van der Waals surface area contributed by atoms with E-state index in [2.05, 4.69) is 6.07 Å². The molecule has 0 spiro atoms. The molecule has 2 rings (SSSR count). The fraction of sp³-hybridized carbons (Fsp3) is 0.385. The lowest BCUT2D eigenvalue weighted by Crippen LogP contribution is -2.17. The zero-order chi connectivity index (χ0) is 11.7. The molecule has 1 heterocycles. The fourth-order valence-corrected chi connectivity index (χ4v) is 1.96. The van der Waals surface area contributed by atoms with Crippen LogP contribution in [0.5, 0.6) is 5.75 Å². The van der Waals surface area contributed by atoms with E-state index in [1.54, 1.807) is 7.11 Å². The normalized spacial score (nSPS) is 13.0. The summed E-state index contributed by atoms with van der Waals surface area (Å²) in [6.45, 7) is 3.94. The van der Waals surface area contributed by atoms with Crippen molar-refractivity contribution in [3.8, 4) is 5.75 Å². The highest BCUT2D eigenvalue weighted by atomic mass is 16.5. The van der Waals surface area contributed by atoms with Crippen LogP contribution in [0.25, 0.3) is 11.0 Å². The van der Waals surface area contributed by atoms with Gasteiger partial charge in [-0.15, -0.1) is 0 Å². The number of nitrogens with two attached hydrogens (primary N) is 1. The number of ether oxygens (including phenoxy) is 1. The summed E-state index contributed by atoms with van der Waals surface area (Å²) >= 11 is 0. The van der Waals surface area contributed by atoms with Gasteiger partial charge in [-0.25, -0.2) is 0 Å². The summed E-state index contributed by atoms with van der Waals surface area (Å²) in [7, 11) is 1.65. The van der Waals surface area contributed by atoms with Crippen LogP contribution in [0.1, 0.15) is 18.2 Å². The predicted octanol–water partition coefficient (Wildman–Crippen LogP) is 2.64. The quantitative estimate of drug-likeness (QED) is 0.863. The van der Waals surface area contributed by atoms with Gasteiger partial charge in [0.05, 0.1) is 7.11 Å². The van der Waals surface area contributed by atoms with E-state index < -0.39 is 0 Å². The Morgan fingerprint density at radius 1 is 1.44 bits per heavy atom. The molecule has 0 aliphatic rings. The average Bonchev–Trinajstić information content (AvgIpc) is 2.59. The van der Waals surface area contributed by atoms with Crippen molar-refractivity contribution in [2.75, 3.05) is 7.11 Å². The summed E-state index contributed by atoms with van der Waals surface area (Å²) < 4.78 is 10.9. The first kappa shape index (κ1) is 11.0. The fourth-order valence-electron chi connectivity index (χ4n) is 1.96. The molecule has 0 saturated carbocycles. The van der Waals surface area contributed by atoms with E-state index in [9.17, 15) is 0 Å². The van der Waals surface area contributed by atoms with Crippen LogP contribution in [0.4, 0.5) is 0 Å². The summed E-state index contributed by atoms with van der Waals surface area (Å²) in [6, 6.07) is 6.17. The first-order valence-corrected chi connectivity index (χ1v) is 5.43. The molecule has 1 aromatic heterocycles. The molecule has 16 heavy (non-hydrogen) atoms. The monoisotopic (exact) mass is 219 g/mol. The number of furan rings is 1. The van der Waals surface area contributed by atoms with Crippen molar-refractivity contribution in [1.82, 2.24) is 0 Å². The van der Waals surface area contributed by atoms with E-state index in [-0.39, 0.29) is 6.04 Å². The first-order valence-electron chi connectivity index (χ1n) is 5.43. The van der Waals surface area contributed by atoms with Gasteiger partial charge in [0.2, 0.25) is 0 Å². The molecule has 0 aliphatic carbocycles. The van der Waals surface area contributed by atoms with Gasteiger partial charge in [-0.2, -0.15) is 0 Å². The SMILES string of the molecule is COc1ccc(CC(C)N)c2cc(C)oc12. The Kier molecular flexibility index (Phi) is 2.88. The second-order valence-electron chi connectivity index (χ2n) is 4.21. The lowest BCUT2D eigenvalue weighted by Gasteiger charge is -2.08. The van der Waals surface area contributed by atoms with Crippen molar-refractivity contribution in [3.63, 3.8) is 0 Å². The minimum Gasteiger partial charge on any atom is -0.493 e. The van der Waals surface area contributed by atoms with Crippen LogP contribution in [0.2, 0.25) is 0 Å². The van der Waals surface area contributed by atoms with E-state index in [1.165, 1.54) is 5.56 Å². The zero-order valence-corrected chi connectivity index (χ0v) is 9.91. The Bertz CT molecular complexity index is 500. The lowest BCUT2D eigenvalue weighted by atomic mass is 10.0. The molecule has 3 nitrogen and oxygen atoms in total. The molecule has 2 aromatic rings. The Morgan fingerprint density at radius 3 is 2.81 bits per heavy atom. The molecular formula is C13H17NO2. The van der Waals surface area contributed by atoms with Crippen LogP contribution < -0.4 is 10.5 Å². The lowest BCUT2D eigenvalue weighted by molar-refractivity contribution is 0.408. The summed E-state index contributed by atoms with van der Waals surface area (Å²) in [5, 5.41) is 1.11. The maximum absolute atomic E-state index is 5.83. The number of fused-ring (bicyclic) bond motifs is 1. The standard InChI is InChI=1S/C13H17NO2/c1-8(14)6-10-4-5-12(15-3)13-11(10)7-9(2)16-13/h4-5,7-8H,6,14H2,1-3H3. The van der Waals surface area contributed by atoms with Crippen LogP contribution in [-0.2, 0) is 6.42 Å². The molecule has 1 unspecified atom stereocenters. The Hall–Kier alpha value is -1.48. The number of rotatable bonds is 3. The number of benzene rings is 1. The third-order valence-corrected chi connectivity index (χ3v) is 2.62. The Labute approximate surface area is 95.2 Å². The van der Waals surface area contributed by atoms with Crippen molar-refractivity contribution >= 4 is 11.0 Å². The van der Waals surface area contributed by atoms with Gasteiger partial charge in [-0.1, -0.05) is 6.07 Å². The van der Waals surface area contributed by atoms with Gasteiger partial charge in [0.15, 0.2) is 11.3 Å². The molecule has 1 aromatic carbocycles. The van der Waals surface area contributed by atoms with Gasteiger partial charge in [0.1, 0.15) is 5.76 Å². The highest BCUT2D eigenvalue weighted by Crippen LogP contribution is 2.31. The summed E-state index contributed by atoms with van der Waals surface area (Å²) in [5.41, 5.74) is 7.86. The molecule has 2 N–H and O–H groups in total. The van der Waals surface area contributed by atoms with Crippen LogP contribution in [0.3, 0.4) is 0 Å². The largest absolute Gasteiger partial charge is 0.493 e. The number of methoxy groups -OCH3 is 1. The maximum atomic E-state index is 5.83. The molecular weight excluding hydrogens is 202 g/mol. The third-order valence-electron chi connectivity index (χ3n) is 2.62. The van der Waals surface area contributed by atoms with Gasteiger partial charge >= 0.3 is 0 Å². The maximum Gasteiger partial charge on any atom is 0.176 e. The highest BCUT2D eigenvalue weighted by molar-refractivity contribution is 5.87. The zero-order valence-electron chi connectivity index (χ0n) is 9.91. The molecule has 0 aliphatic heterocycles. The average molecular weight is 219 g/mol. The van der Waals surface area contributed by atoms with E-state index >= 15 is 0 Å². The minimum absolute atomic E-state index is 0.145. The van der Waals surface area contributed by atoms with Crippen molar-refractivity contribution in [2.24, 2.45) is 5.73 Å². The van der Waals surface area contributed by atoms with E-state index in [4.69, 9.17) is 14.9 Å². The minimum atomic E-state index is 0.145. The topological polar surface area (TPSA) is 48.4 Å². The summed E-state index contributed by atoms with van der Waals surface area (Å²) in [6.07, 6.45) is 0.847. The second-order valence-corrected chi connectivity index (χ2v) is 4.21. The van der Waals surface area contributed by atoms with Gasteiger partial charge in [0.25, 0.3) is 0 Å². The van der Waals surface area contributed by atoms with Crippen LogP contribution in [0, 0.1) is 6.92 Å². The molecule has 3 heteroatoms. The Morgan fingerprint density at radius 2 is 2.19 bits per heavy atom. The predicted molar refractivity (Wildman–Crippen MR) is 64.9 cm³/mol. The van der Waals surface area contributed by atoms with Gasteiger partial charge < -0.3 is 14.9 Å². The second kappa shape index (κ2) is 4.18. The number of hydrogen-bond acceptors (Lipinski definition) is 3. The number of aryl methyl sites for hydroxylation is 1. The summed E-state index contributed by atoms with van der Waals surface area (Å²) in [5.74, 6) is 1.67. The molecule has 0 saturated heterocycles. The molecule has 86 valence electrons. The van der Waals surface area contributed by atoms with Crippen molar-refractivity contribution < 1.29 is 9.15 Å². The van der Waals surface area contributed by atoms with Crippen molar-refractivity contribution in [2.45, 2.75) is 26.3 Å². The van der Waals surface area contributed by atoms with Gasteiger partial charge in [-0.3, -0.25) is 0 Å². The van der Waals surface area contributed by atoms with E-state index in [1.807, 2.05) is 26.0 Å². The molecule has 0 radical (unpaired) electrons. The Balaban J connectivity index is 2.59. The van der Waals surface area contributed by atoms with E-state index in [0.29, 0.717) is 0 Å². The molecule has 0 fully saturated rings. The van der Waals surface area contributed by atoms with E-state index in [0.717, 1.165) is 28.9 Å². The third kappa shape index (κ3) is 1.91. The first-order chi connectivity index (χ1) is 7.61. The molecule has 1 atom stereocenters. The smallest absolute Gasteiger partial charge is 0.176 e. The van der Waals surface area contributed by atoms with Crippen molar-refractivity contribution in [1.29, 1.82) is 0 Å². The number of hydrogen-bond donors (Lipinski definition) is 1. The van der Waals surface area contributed by atoms with Gasteiger partial charge in [-0.05, 0) is 38.0 Å².